The zero-order valence-electron chi connectivity index (χ0n) is 17.9. The molecular formula is C25H33FN2OS. The number of likely N-dealkylation sites (N-methyl/N-ethyl adjacent to an activating group) is 1. The molecule has 1 aliphatic carbocycles. The van der Waals surface area contributed by atoms with Gasteiger partial charge < -0.3 is 9.80 Å². The molecule has 5 heteroatoms. The average molecular weight is 429 g/mol. The first-order valence-electron chi connectivity index (χ1n) is 11.4. The van der Waals surface area contributed by atoms with E-state index in [1.54, 1.807) is 17.4 Å². The van der Waals surface area contributed by atoms with Crippen molar-refractivity contribution in [3.8, 4) is 0 Å². The van der Waals surface area contributed by atoms with E-state index in [1.807, 2.05) is 40.9 Å². The van der Waals surface area contributed by atoms with Crippen molar-refractivity contribution < 1.29 is 9.18 Å². The Hall–Kier alpha value is -1.72. The minimum atomic E-state index is -0.168. The van der Waals surface area contributed by atoms with Crippen LogP contribution in [-0.2, 0) is 6.42 Å². The highest BCUT2D eigenvalue weighted by molar-refractivity contribution is 7.08. The van der Waals surface area contributed by atoms with Gasteiger partial charge in [-0.1, -0.05) is 37.5 Å². The van der Waals surface area contributed by atoms with Crippen LogP contribution in [0.5, 0.6) is 0 Å². The Morgan fingerprint density at radius 1 is 1.13 bits per heavy atom. The van der Waals surface area contributed by atoms with Crippen LogP contribution in [0.15, 0.2) is 41.1 Å². The summed E-state index contributed by atoms with van der Waals surface area (Å²) in [4.78, 5) is 17.7. The van der Waals surface area contributed by atoms with Gasteiger partial charge in [0, 0.05) is 24.5 Å². The molecule has 0 spiro atoms. The molecule has 2 aliphatic rings. The van der Waals surface area contributed by atoms with Gasteiger partial charge in [-0.3, -0.25) is 4.79 Å². The normalized spacial score (nSPS) is 20.2. The van der Waals surface area contributed by atoms with E-state index < -0.39 is 0 Å². The maximum absolute atomic E-state index is 14.4. The van der Waals surface area contributed by atoms with Crippen molar-refractivity contribution in [2.24, 2.45) is 5.92 Å². The molecule has 1 aromatic heterocycles. The van der Waals surface area contributed by atoms with Crippen molar-refractivity contribution in [2.45, 2.75) is 63.5 Å². The largest absolute Gasteiger partial charge is 0.338 e. The zero-order chi connectivity index (χ0) is 20.9. The third-order valence-corrected chi connectivity index (χ3v) is 7.87. The van der Waals surface area contributed by atoms with Gasteiger partial charge in [0.2, 0.25) is 0 Å². The molecule has 3 nitrogen and oxygen atoms in total. The van der Waals surface area contributed by atoms with Crippen LogP contribution >= 0.6 is 11.3 Å². The summed E-state index contributed by atoms with van der Waals surface area (Å²) in [6, 6.07) is 9.66. The molecule has 1 unspecified atom stereocenters. The van der Waals surface area contributed by atoms with Crippen molar-refractivity contribution >= 4 is 17.2 Å². The number of likely N-dealkylation sites (tertiary alicyclic amines) is 1. The van der Waals surface area contributed by atoms with Crippen molar-refractivity contribution in [2.75, 3.05) is 20.1 Å². The Morgan fingerprint density at radius 2 is 1.87 bits per heavy atom. The van der Waals surface area contributed by atoms with Crippen LogP contribution in [-0.4, -0.2) is 47.9 Å². The van der Waals surface area contributed by atoms with Gasteiger partial charge in [0.05, 0.1) is 5.56 Å². The van der Waals surface area contributed by atoms with Crippen LogP contribution in [0.4, 0.5) is 4.39 Å². The summed E-state index contributed by atoms with van der Waals surface area (Å²) in [5.74, 6) is 0.280. The van der Waals surface area contributed by atoms with Crippen LogP contribution in [0.25, 0.3) is 0 Å². The summed E-state index contributed by atoms with van der Waals surface area (Å²) in [7, 11) is 1.90. The summed E-state index contributed by atoms with van der Waals surface area (Å²) >= 11 is 1.54. The molecule has 1 atom stereocenters. The maximum Gasteiger partial charge on any atom is 0.254 e. The lowest BCUT2D eigenvalue weighted by molar-refractivity contribution is 0.0505. The van der Waals surface area contributed by atoms with Gasteiger partial charge in [0.15, 0.2) is 0 Å². The van der Waals surface area contributed by atoms with Gasteiger partial charge >= 0.3 is 0 Å². The van der Waals surface area contributed by atoms with Crippen LogP contribution < -0.4 is 0 Å². The van der Waals surface area contributed by atoms with Crippen LogP contribution in [0.1, 0.15) is 60.9 Å². The van der Waals surface area contributed by atoms with E-state index in [-0.39, 0.29) is 17.8 Å². The first kappa shape index (κ1) is 21.5. The number of nitrogens with zero attached hydrogens (tertiary/aromatic N) is 2. The Morgan fingerprint density at radius 3 is 2.53 bits per heavy atom. The fraction of sp³-hybridized carbons (Fsp3) is 0.560. The molecule has 4 rings (SSSR count). The van der Waals surface area contributed by atoms with Crippen LogP contribution in [0.2, 0.25) is 0 Å². The molecule has 2 aromatic rings. The first-order valence-corrected chi connectivity index (χ1v) is 12.3. The van der Waals surface area contributed by atoms with E-state index >= 15 is 0 Å². The van der Waals surface area contributed by atoms with E-state index in [4.69, 9.17) is 0 Å². The first-order chi connectivity index (χ1) is 14.6. The lowest BCUT2D eigenvalue weighted by atomic mass is 9.83. The quantitative estimate of drug-likeness (QED) is 0.597. The molecule has 162 valence electrons. The Balaban J connectivity index is 1.48. The van der Waals surface area contributed by atoms with Gasteiger partial charge in [-0.2, -0.15) is 11.3 Å². The number of piperidine rings is 1. The minimum Gasteiger partial charge on any atom is -0.338 e. The van der Waals surface area contributed by atoms with E-state index in [2.05, 4.69) is 4.90 Å². The molecule has 1 amide bonds. The molecule has 1 saturated heterocycles. The second-order valence-electron chi connectivity index (χ2n) is 8.96. The average Bonchev–Trinajstić information content (AvgIpc) is 3.33. The monoisotopic (exact) mass is 428 g/mol. The number of carbonyl (C=O) groups is 1. The number of benzene rings is 1. The number of hydrogen-bond donors (Lipinski definition) is 0. The molecule has 1 aromatic carbocycles. The second-order valence-corrected chi connectivity index (χ2v) is 9.74. The van der Waals surface area contributed by atoms with Crippen LogP contribution in [0.3, 0.4) is 0 Å². The Labute approximate surface area is 183 Å². The topological polar surface area (TPSA) is 23.6 Å². The van der Waals surface area contributed by atoms with Gasteiger partial charge in [-0.25, -0.2) is 4.39 Å². The summed E-state index contributed by atoms with van der Waals surface area (Å²) < 4.78 is 14.4. The number of carbonyl (C=O) groups excluding carboxylic acids is 1. The standard InChI is InChI=1S/C25H33FN2OS/c1-27(25(29)21-13-16-30-18-21)24(17-20-7-5-6-10-23(20)26)19-11-14-28(15-12-19)22-8-3-2-4-9-22/h5-7,10,13,16,18-19,22,24H,2-4,8-9,11-12,14-15,17H2,1H3. The second kappa shape index (κ2) is 10.1. The summed E-state index contributed by atoms with van der Waals surface area (Å²) in [6.45, 7) is 2.20. The number of rotatable bonds is 6. The van der Waals surface area contributed by atoms with Gasteiger partial charge in [0.25, 0.3) is 5.91 Å². The SMILES string of the molecule is CN(C(=O)c1ccsc1)C(Cc1ccccc1F)C1CCN(C2CCCCC2)CC1. The van der Waals surface area contributed by atoms with E-state index in [9.17, 15) is 9.18 Å². The Kier molecular flexibility index (Phi) is 7.21. The fourth-order valence-corrected chi connectivity index (χ4v) is 5.99. The highest BCUT2D eigenvalue weighted by Gasteiger charge is 2.34. The number of hydrogen-bond acceptors (Lipinski definition) is 3. The zero-order valence-corrected chi connectivity index (χ0v) is 18.7. The summed E-state index contributed by atoms with van der Waals surface area (Å²) in [5.41, 5.74) is 1.45. The van der Waals surface area contributed by atoms with E-state index in [0.717, 1.165) is 37.5 Å². The predicted molar refractivity (Wildman–Crippen MR) is 121 cm³/mol. The Bertz CT molecular complexity index is 810. The molecule has 0 bridgehead atoms. The molecule has 1 aliphatic heterocycles. The molecule has 30 heavy (non-hydrogen) atoms. The van der Waals surface area contributed by atoms with Crippen molar-refractivity contribution in [3.63, 3.8) is 0 Å². The molecule has 0 radical (unpaired) electrons. The molecule has 1 saturated carbocycles. The van der Waals surface area contributed by atoms with E-state index in [1.165, 1.54) is 38.2 Å². The molecular weight excluding hydrogens is 395 g/mol. The van der Waals surface area contributed by atoms with Crippen LogP contribution in [0, 0.1) is 11.7 Å². The fourth-order valence-electron chi connectivity index (χ4n) is 5.37. The summed E-state index contributed by atoms with van der Waals surface area (Å²) in [5, 5.41) is 3.85. The van der Waals surface area contributed by atoms with Gasteiger partial charge in [0.1, 0.15) is 5.82 Å². The summed E-state index contributed by atoms with van der Waals surface area (Å²) in [6.07, 6.45) is 9.50. The minimum absolute atomic E-state index is 0.0165. The van der Waals surface area contributed by atoms with Crippen molar-refractivity contribution in [3.05, 3.63) is 58.0 Å². The highest BCUT2D eigenvalue weighted by atomic mass is 32.1. The predicted octanol–water partition coefficient (Wildman–Crippen LogP) is 5.62. The molecule has 2 fully saturated rings. The number of halogens is 1. The third-order valence-electron chi connectivity index (χ3n) is 7.18. The number of amides is 1. The number of thiophene rings is 1. The lowest BCUT2D eigenvalue weighted by Crippen LogP contribution is -2.49. The highest BCUT2D eigenvalue weighted by Crippen LogP contribution is 2.31. The maximum atomic E-state index is 14.4. The van der Waals surface area contributed by atoms with E-state index in [0.29, 0.717) is 17.9 Å². The van der Waals surface area contributed by atoms with Crippen molar-refractivity contribution in [1.29, 1.82) is 0 Å². The molecule has 2 heterocycles. The lowest BCUT2D eigenvalue weighted by Gasteiger charge is -2.43. The molecule has 0 N–H and O–H groups in total. The van der Waals surface area contributed by atoms with Crippen molar-refractivity contribution in [1.82, 2.24) is 9.80 Å². The third kappa shape index (κ3) is 4.94. The smallest absolute Gasteiger partial charge is 0.254 e. The van der Waals surface area contributed by atoms with Gasteiger partial charge in [-0.05, 0) is 74.2 Å². The van der Waals surface area contributed by atoms with Gasteiger partial charge in [-0.15, -0.1) is 0 Å².